The van der Waals surface area contributed by atoms with Crippen LogP contribution in [0.5, 0.6) is 11.5 Å². The predicted molar refractivity (Wildman–Crippen MR) is 114 cm³/mol. The maximum atomic E-state index is 7.23. The van der Waals surface area contributed by atoms with E-state index in [1.54, 1.807) is 0 Å². The Morgan fingerprint density at radius 2 is 1.11 bits per heavy atom. The molecule has 3 N–H and O–H groups in total. The zero-order valence-corrected chi connectivity index (χ0v) is 18.0. The first-order chi connectivity index (χ1) is 13.6. The fraction of sp³-hybridized carbons (Fsp3) is 0.400. The number of hydrogen-bond donors (Lipinski definition) is 3. The second-order valence-corrected chi connectivity index (χ2v) is 7.51. The molecule has 28 heavy (non-hydrogen) atoms. The Balaban J connectivity index is 0.000000892. The second kappa shape index (κ2) is 16.7. The molecule has 0 heterocycles. The molecule has 0 saturated carbocycles. The van der Waals surface area contributed by atoms with Gasteiger partial charge in [-0.1, -0.05) is 75.4 Å². The molecule has 0 spiro atoms. The van der Waals surface area contributed by atoms with Crippen molar-refractivity contribution in [3.8, 4) is 11.5 Å². The summed E-state index contributed by atoms with van der Waals surface area (Å²) in [4.78, 5) is 21.7. The van der Waals surface area contributed by atoms with E-state index < -0.39 is 17.2 Å². The molecule has 156 valence electrons. The molecule has 0 amide bonds. The summed E-state index contributed by atoms with van der Waals surface area (Å²) < 4.78 is 17.6. The van der Waals surface area contributed by atoms with E-state index in [4.69, 9.17) is 28.3 Å². The van der Waals surface area contributed by atoms with Crippen molar-refractivity contribution in [2.24, 2.45) is 0 Å². The van der Waals surface area contributed by atoms with E-state index in [0.29, 0.717) is 6.61 Å². The van der Waals surface area contributed by atoms with E-state index in [2.05, 4.69) is 6.92 Å². The maximum absolute atomic E-state index is 7.23. The van der Waals surface area contributed by atoms with Gasteiger partial charge in [-0.05, 0) is 30.7 Å². The molecular formula is C20H30O6P2. The fourth-order valence-electron chi connectivity index (χ4n) is 2.23. The molecule has 2 rings (SSSR count). The quantitative estimate of drug-likeness (QED) is 0.286. The van der Waals surface area contributed by atoms with Gasteiger partial charge in [-0.3, -0.25) is 4.52 Å². The molecule has 0 fully saturated rings. The lowest BCUT2D eigenvalue weighted by molar-refractivity contribution is 0.258. The van der Waals surface area contributed by atoms with Crippen molar-refractivity contribution < 1.29 is 28.3 Å². The summed E-state index contributed by atoms with van der Waals surface area (Å²) in [5.74, 6) is 1.53. The SMILES string of the molecule is CCCCCCCCOP(Oc1ccccc1)Oc1ccccc1.OP(O)O. The van der Waals surface area contributed by atoms with Gasteiger partial charge < -0.3 is 23.7 Å². The zero-order chi connectivity index (χ0) is 20.5. The van der Waals surface area contributed by atoms with E-state index in [0.717, 1.165) is 17.9 Å². The minimum Gasteiger partial charge on any atom is -0.418 e. The van der Waals surface area contributed by atoms with Crippen molar-refractivity contribution in [2.75, 3.05) is 6.61 Å². The van der Waals surface area contributed by atoms with Gasteiger partial charge in [0.05, 0.1) is 6.61 Å². The second-order valence-electron chi connectivity index (χ2n) is 5.90. The summed E-state index contributed by atoms with van der Waals surface area (Å²) in [6.07, 6.45) is 7.42. The number of para-hydroxylation sites is 2. The summed E-state index contributed by atoms with van der Waals surface area (Å²) in [5.41, 5.74) is 0. The molecule has 0 atom stereocenters. The normalized spacial score (nSPS) is 10.5. The third-order valence-corrected chi connectivity index (χ3v) is 4.65. The van der Waals surface area contributed by atoms with Gasteiger partial charge >= 0.3 is 17.2 Å². The van der Waals surface area contributed by atoms with Gasteiger partial charge in [-0.2, -0.15) is 0 Å². The first-order valence-electron chi connectivity index (χ1n) is 9.37. The van der Waals surface area contributed by atoms with Gasteiger partial charge in [0.15, 0.2) is 0 Å². The van der Waals surface area contributed by atoms with Gasteiger partial charge in [0.1, 0.15) is 11.5 Å². The molecule has 6 nitrogen and oxygen atoms in total. The summed E-state index contributed by atoms with van der Waals surface area (Å²) in [6.45, 7) is 2.90. The molecule has 2 aromatic rings. The Hall–Kier alpha value is -1.26. The minimum atomic E-state index is -2.62. The molecule has 0 aliphatic heterocycles. The Labute approximate surface area is 170 Å². The van der Waals surface area contributed by atoms with Crippen LogP contribution in [0.3, 0.4) is 0 Å². The monoisotopic (exact) mass is 428 g/mol. The summed E-state index contributed by atoms with van der Waals surface area (Å²) in [5, 5.41) is 0. The topological polar surface area (TPSA) is 88.4 Å². The third-order valence-electron chi connectivity index (χ3n) is 3.54. The molecule has 0 radical (unpaired) electrons. The molecule has 0 saturated heterocycles. The molecular weight excluding hydrogens is 398 g/mol. The van der Waals surface area contributed by atoms with Crippen molar-refractivity contribution in [1.29, 1.82) is 0 Å². The summed E-state index contributed by atoms with van der Waals surface area (Å²) in [6, 6.07) is 19.4. The lowest BCUT2D eigenvalue weighted by Gasteiger charge is -2.17. The van der Waals surface area contributed by atoms with E-state index in [-0.39, 0.29) is 0 Å². The van der Waals surface area contributed by atoms with Gasteiger partial charge in [0.2, 0.25) is 0 Å². The lowest BCUT2D eigenvalue weighted by atomic mass is 10.1. The first-order valence-corrected chi connectivity index (χ1v) is 11.7. The van der Waals surface area contributed by atoms with Gasteiger partial charge in [0, 0.05) is 0 Å². The minimum absolute atomic E-state index is 0.664. The number of hydrogen-bond acceptors (Lipinski definition) is 6. The predicted octanol–water partition coefficient (Wildman–Crippen LogP) is 5.94. The van der Waals surface area contributed by atoms with Crippen molar-refractivity contribution in [2.45, 2.75) is 45.4 Å². The molecule has 0 aromatic heterocycles. The van der Waals surface area contributed by atoms with E-state index in [1.807, 2.05) is 60.7 Å². The first kappa shape index (κ1) is 24.8. The Bertz CT molecular complexity index is 542. The van der Waals surface area contributed by atoms with Crippen LogP contribution in [0.4, 0.5) is 0 Å². The summed E-state index contributed by atoms with van der Waals surface area (Å²) in [7, 11) is -4.06. The van der Waals surface area contributed by atoms with Crippen LogP contribution in [-0.4, -0.2) is 21.3 Å². The van der Waals surface area contributed by atoms with Crippen LogP contribution >= 0.6 is 17.2 Å². The Morgan fingerprint density at radius 1 is 0.679 bits per heavy atom. The third kappa shape index (κ3) is 13.8. The van der Waals surface area contributed by atoms with Crippen molar-refractivity contribution in [3.63, 3.8) is 0 Å². The number of unbranched alkanes of at least 4 members (excludes halogenated alkanes) is 5. The molecule has 0 aliphatic carbocycles. The van der Waals surface area contributed by atoms with E-state index in [1.165, 1.54) is 32.1 Å². The smallest absolute Gasteiger partial charge is 0.418 e. The van der Waals surface area contributed by atoms with Gasteiger partial charge in [0.25, 0.3) is 0 Å². The lowest BCUT2D eigenvalue weighted by Crippen LogP contribution is -2.01. The molecule has 8 heteroatoms. The van der Waals surface area contributed by atoms with Gasteiger partial charge in [-0.15, -0.1) is 0 Å². The Morgan fingerprint density at radius 3 is 1.57 bits per heavy atom. The molecule has 0 bridgehead atoms. The van der Waals surface area contributed by atoms with Crippen LogP contribution in [0.1, 0.15) is 45.4 Å². The molecule has 0 unspecified atom stereocenters. The average molecular weight is 428 g/mol. The van der Waals surface area contributed by atoms with E-state index >= 15 is 0 Å². The number of benzene rings is 2. The maximum Gasteiger partial charge on any atom is 0.463 e. The standard InChI is InChI=1S/C20H27O3P.H3O3P/c1-2-3-4-5-6-13-18-21-24(22-19-14-9-7-10-15-19)23-20-16-11-8-12-17-20;1-4(2)3/h7-12,14-17H,2-6,13,18H2,1H3;1-3H. The van der Waals surface area contributed by atoms with Gasteiger partial charge in [-0.25, -0.2) is 0 Å². The van der Waals surface area contributed by atoms with Crippen LogP contribution < -0.4 is 9.05 Å². The van der Waals surface area contributed by atoms with Crippen LogP contribution in [0.2, 0.25) is 0 Å². The van der Waals surface area contributed by atoms with Crippen LogP contribution in [-0.2, 0) is 4.52 Å². The summed E-state index contributed by atoms with van der Waals surface area (Å²) >= 11 is 0. The largest absolute Gasteiger partial charge is 0.463 e. The van der Waals surface area contributed by atoms with E-state index in [9.17, 15) is 0 Å². The Kier molecular flexibility index (Phi) is 14.8. The van der Waals surface area contributed by atoms with Crippen LogP contribution in [0.25, 0.3) is 0 Å². The van der Waals surface area contributed by atoms with Crippen LogP contribution in [0, 0.1) is 0 Å². The highest BCUT2D eigenvalue weighted by Crippen LogP contribution is 2.41. The zero-order valence-electron chi connectivity index (χ0n) is 16.2. The highest BCUT2D eigenvalue weighted by Gasteiger charge is 2.16. The van der Waals surface area contributed by atoms with Crippen LogP contribution in [0.15, 0.2) is 60.7 Å². The highest BCUT2D eigenvalue weighted by molar-refractivity contribution is 7.42. The van der Waals surface area contributed by atoms with Crippen molar-refractivity contribution in [1.82, 2.24) is 0 Å². The highest BCUT2D eigenvalue weighted by atomic mass is 31.2. The molecule has 2 aromatic carbocycles. The molecule has 0 aliphatic rings. The van der Waals surface area contributed by atoms with Crippen molar-refractivity contribution in [3.05, 3.63) is 60.7 Å². The fourth-order valence-corrected chi connectivity index (χ4v) is 3.24. The number of rotatable bonds is 12. The average Bonchev–Trinajstić information content (AvgIpc) is 2.68. The van der Waals surface area contributed by atoms with Crippen molar-refractivity contribution >= 4 is 17.2 Å².